The maximum absolute atomic E-state index is 5.56. The van der Waals surface area contributed by atoms with E-state index < -0.39 is 0 Å². The van der Waals surface area contributed by atoms with Gasteiger partial charge in [0, 0.05) is 11.6 Å². The Morgan fingerprint density at radius 3 is 2.79 bits per heavy atom. The Kier molecular flexibility index (Phi) is 5.23. The SMILES string of the molecule is CCNC[C@@H]1CCN(CC)[C@H]1c1ccccc1OC. The van der Waals surface area contributed by atoms with Crippen LogP contribution in [0.5, 0.6) is 5.75 Å². The van der Waals surface area contributed by atoms with Gasteiger partial charge in [-0.15, -0.1) is 0 Å². The molecule has 106 valence electrons. The van der Waals surface area contributed by atoms with Gasteiger partial charge in [0.1, 0.15) is 5.75 Å². The molecule has 19 heavy (non-hydrogen) atoms. The van der Waals surface area contributed by atoms with Crippen molar-refractivity contribution in [2.75, 3.05) is 33.3 Å². The molecule has 1 saturated heterocycles. The van der Waals surface area contributed by atoms with Gasteiger partial charge in [0.2, 0.25) is 0 Å². The highest BCUT2D eigenvalue weighted by molar-refractivity contribution is 5.37. The van der Waals surface area contributed by atoms with E-state index in [0.29, 0.717) is 12.0 Å². The smallest absolute Gasteiger partial charge is 0.123 e. The van der Waals surface area contributed by atoms with Crippen molar-refractivity contribution in [3.63, 3.8) is 0 Å². The highest BCUT2D eigenvalue weighted by Gasteiger charge is 2.35. The number of methoxy groups -OCH3 is 1. The molecule has 0 bridgehead atoms. The van der Waals surface area contributed by atoms with Crippen LogP contribution < -0.4 is 10.1 Å². The molecule has 1 heterocycles. The van der Waals surface area contributed by atoms with E-state index in [-0.39, 0.29) is 0 Å². The molecule has 3 heteroatoms. The van der Waals surface area contributed by atoms with E-state index in [9.17, 15) is 0 Å². The lowest BCUT2D eigenvalue weighted by molar-refractivity contribution is 0.231. The molecule has 0 saturated carbocycles. The van der Waals surface area contributed by atoms with Gasteiger partial charge in [-0.3, -0.25) is 4.90 Å². The summed E-state index contributed by atoms with van der Waals surface area (Å²) < 4.78 is 5.56. The molecule has 1 aromatic rings. The first-order valence-corrected chi connectivity index (χ1v) is 7.39. The first-order valence-electron chi connectivity index (χ1n) is 7.39. The highest BCUT2D eigenvalue weighted by atomic mass is 16.5. The van der Waals surface area contributed by atoms with E-state index in [0.717, 1.165) is 25.4 Å². The van der Waals surface area contributed by atoms with E-state index in [1.165, 1.54) is 18.5 Å². The largest absolute Gasteiger partial charge is 0.496 e. The fourth-order valence-corrected chi connectivity index (χ4v) is 3.19. The summed E-state index contributed by atoms with van der Waals surface area (Å²) in [7, 11) is 1.77. The molecule has 0 radical (unpaired) electrons. The predicted molar refractivity (Wildman–Crippen MR) is 79.6 cm³/mol. The molecule has 0 unspecified atom stereocenters. The second-order valence-electron chi connectivity index (χ2n) is 5.17. The first-order chi connectivity index (χ1) is 9.31. The predicted octanol–water partition coefficient (Wildman–Crippen LogP) is 2.69. The molecule has 1 N–H and O–H groups in total. The summed E-state index contributed by atoms with van der Waals surface area (Å²) in [6.07, 6.45) is 1.27. The van der Waals surface area contributed by atoms with Gasteiger partial charge < -0.3 is 10.1 Å². The first kappa shape index (κ1) is 14.4. The van der Waals surface area contributed by atoms with Crippen molar-refractivity contribution in [1.29, 1.82) is 0 Å². The lowest BCUT2D eigenvalue weighted by atomic mass is 9.93. The van der Waals surface area contributed by atoms with Gasteiger partial charge in [-0.1, -0.05) is 32.0 Å². The number of hydrogen-bond donors (Lipinski definition) is 1. The third-order valence-electron chi connectivity index (χ3n) is 4.15. The summed E-state index contributed by atoms with van der Waals surface area (Å²) in [5.41, 5.74) is 1.34. The summed E-state index contributed by atoms with van der Waals surface area (Å²) in [6.45, 7) is 8.85. The molecule has 3 nitrogen and oxygen atoms in total. The monoisotopic (exact) mass is 262 g/mol. The van der Waals surface area contributed by atoms with Crippen LogP contribution in [0.25, 0.3) is 0 Å². The van der Waals surface area contributed by atoms with Crippen molar-refractivity contribution >= 4 is 0 Å². The van der Waals surface area contributed by atoms with Gasteiger partial charge in [0.15, 0.2) is 0 Å². The molecule has 0 aromatic heterocycles. The third-order valence-corrected chi connectivity index (χ3v) is 4.15. The zero-order chi connectivity index (χ0) is 13.7. The van der Waals surface area contributed by atoms with Gasteiger partial charge in [-0.05, 0) is 44.6 Å². The molecule has 0 spiro atoms. The Balaban J connectivity index is 2.25. The summed E-state index contributed by atoms with van der Waals surface area (Å²) in [6, 6.07) is 8.95. The minimum Gasteiger partial charge on any atom is -0.496 e. The van der Waals surface area contributed by atoms with Crippen molar-refractivity contribution in [3.8, 4) is 5.75 Å². The zero-order valence-electron chi connectivity index (χ0n) is 12.4. The van der Waals surface area contributed by atoms with Gasteiger partial charge in [-0.2, -0.15) is 0 Å². The summed E-state index contributed by atoms with van der Waals surface area (Å²) in [5.74, 6) is 1.70. The second-order valence-corrected chi connectivity index (χ2v) is 5.17. The van der Waals surface area contributed by atoms with Gasteiger partial charge in [0.25, 0.3) is 0 Å². The number of nitrogens with zero attached hydrogens (tertiary/aromatic N) is 1. The number of nitrogens with one attached hydrogen (secondary N) is 1. The van der Waals surface area contributed by atoms with Crippen molar-refractivity contribution in [3.05, 3.63) is 29.8 Å². The second kappa shape index (κ2) is 6.92. The molecule has 0 aliphatic carbocycles. The van der Waals surface area contributed by atoms with Gasteiger partial charge in [-0.25, -0.2) is 0 Å². The molecule has 1 fully saturated rings. The number of likely N-dealkylation sites (tertiary alicyclic amines) is 1. The van der Waals surface area contributed by atoms with Crippen LogP contribution in [0.2, 0.25) is 0 Å². The normalized spacial score (nSPS) is 23.7. The summed E-state index contributed by atoms with van der Waals surface area (Å²) in [5, 5.41) is 3.50. The van der Waals surface area contributed by atoms with Crippen LogP contribution in [-0.2, 0) is 0 Å². The van der Waals surface area contributed by atoms with Crippen molar-refractivity contribution < 1.29 is 4.74 Å². The average molecular weight is 262 g/mol. The van der Waals surface area contributed by atoms with E-state index in [4.69, 9.17) is 4.74 Å². The van der Waals surface area contributed by atoms with Crippen molar-refractivity contribution in [2.45, 2.75) is 26.3 Å². The van der Waals surface area contributed by atoms with Crippen molar-refractivity contribution in [2.24, 2.45) is 5.92 Å². The van der Waals surface area contributed by atoms with Gasteiger partial charge in [0.05, 0.1) is 7.11 Å². The quantitative estimate of drug-likeness (QED) is 0.853. The van der Waals surface area contributed by atoms with E-state index in [1.807, 2.05) is 6.07 Å². The number of ether oxygens (including phenoxy) is 1. The average Bonchev–Trinajstić information content (AvgIpc) is 2.87. The lowest BCUT2D eigenvalue weighted by Gasteiger charge is -2.29. The lowest BCUT2D eigenvalue weighted by Crippen LogP contribution is -2.30. The Morgan fingerprint density at radius 1 is 1.32 bits per heavy atom. The van der Waals surface area contributed by atoms with Crippen LogP contribution in [0.1, 0.15) is 31.9 Å². The van der Waals surface area contributed by atoms with Crippen LogP contribution in [0.15, 0.2) is 24.3 Å². The fraction of sp³-hybridized carbons (Fsp3) is 0.625. The Labute approximate surface area is 116 Å². The van der Waals surface area contributed by atoms with E-state index >= 15 is 0 Å². The molecule has 1 aliphatic rings. The zero-order valence-corrected chi connectivity index (χ0v) is 12.4. The topological polar surface area (TPSA) is 24.5 Å². The molecule has 2 atom stereocenters. The molecule has 1 aliphatic heterocycles. The molecule has 2 rings (SSSR count). The number of para-hydroxylation sites is 1. The summed E-state index contributed by atoms with van der Waals surface area (Å²) in [4.78, 5) is 2.57. The van der Waals surface area contributed by atoms with Crippen LogP contribution in [0.4, 0.5) is 0 Å². The van der Waals surface area contributed by atoms with E-state index in [2.05, 4.69) is 42.3 Å². The Bertz CT molecular complexity index is 394. The van der Waals surface area contributed by atoms with Crippen molar-refractivity contribution in [1.82, 2.24) is 10.2 Å². The number of benzene rings is 1. The summed E-state index contributed by atoms with van der Waals surface area (Å²) >= 11 is 0. The minimum atomic E-state index is 0.486. The maximum atomic E-state index is 5.56. The standard InChI is InChI=1S/C16H26N2O/c1-4-17-12-13-10-11-18(5-2)16(13)14-8-6-7-9-15(14)19-3/h6-9,13,16-17H,4-5,10-12H2,1-3H3/t13-,16+/m0/s1. The number of rotatable bonds is 6. The molecular weight excluding hydrogens is 236 g/mol. The van der Waals surface area contributed by atoms with Crippen LogP contribution >= 0.6 is 0 Å². The fourth-order valence-electron chi connectivity index (χ4n) is 3.19. The Hall–Kier alpha value is -1.06. The van der Waals surface area contributed by atoms with Crippen LogP contribution in [0, 0.1) is 5.92 Å². The molecule has 0 amide bonds. The minimum absolute atomic E-state index is 0.486. The highest BCUT2D eigenvalue weighted by Crippen LogP contribution is 2.40. The van der Waals surface area contributed by atoms with Gasteiger partial charge >= 0.3 is 0 Å². The maximum Gasteiger partial charge on any atom is 0.123 e. The molecule has 1 aromatic carbocycles. The number of hydrogen-bond acceptors (Lipinski definition) is 3. The van der Waals surface area contributed by atoms with E-state index in [1.54, 1.807) is 7.11 Å². The van der Waals surface area contributed by atoms with Crippen LogP contribution in [0.3, 0.4) is 0 Å². The Morgan fingerprint density at radius 2 is 2.11 bits per heavy atom. The third kappa shape index (κ3) is 3.10. The van der Waals surface area contributed by atoms with Crippen LogP contribution in [-0.4, -0.2) is 38.2 Å². The molecular formula is C16H26N2O.